The summed E-state index contributed by atoms with van der Waals surface area (Å²) in [6, 6.07) is 14.1. The second-order valence-electron chi connectivity index (χ2n) is 10.2. The maximum absolute atomic E-state index is 11.7. The molecule has 7 nitrogen and oxygen atoms in total. The standard InChI is InChI=1S/C29H40N2O5/c1-5-34-28(33)13-11-21-10-12-26(30)27(16-21)35-19-25(36-20(2)32)18-31-29(3,4)17-22-14-23-8-6-7-9-24(23)15-22/h6-10,12,16,22,25,31H,5,11,13-15,17-19,30H2,1-4H3/t25-/m1/s1. The quantitative estimate of drug-likeness (QED) is 0.316. The predicted molar refractivity (Wildman–Crippen MR) is 141 cm³/mol. The van der Waals surface area contributed by atoms with Crippen LogP contribution in [0.5, 0.6) is 5.75 Å². The lowest BCUT2D eigenvalue weighted by atomic mass is 9.88. The van der Waals surface area contributed by atoms with E-state index in [-0.39, 0.29) is 24.1 Å². The number of rotatable bonds is 13. The Labute approximate surface area is 214 Å². The molecule has 0 fully saturated rings. The molecule has 1 aliphatic carbocycles. The maximum atomic E-state index is 11.7. The van der Waals surface area contributed by atoms with E-state index >= 15 is 0 Å². The fourth-order valence-electron chi connectivity index (χ4n) is 4.87. The molecule has 2 aromatic carbocycles. The van der Waals surface area contributed by atoms with E-state index in [0.29, 0.717) is 43.3 Å². The average molecular weight is 497 g/mol. The molecule has 3 N–H and O–H groups in total. The molecule has 2 aromatic rings. The van der Waals surface area contributed by atoms with Crippen molar-refractivity contribution in [3.8, 4) is 5.75 Å². The van der Waals surface area contributed by atoms with Gasteiger partial charge in [0.15, 0.2) is 0 Å². The number of aryl methyl sites for hydroxylation is 1. The van der Waals surface area contributed by atoms with Gasteiger partial charge in [-0.1, -0.05) is 30.3 Å². The van der Waals surface area contributed by atoms with Crippen molar-refractivity contribution in [3.63, 3.8) is 0 Å². The number of ether oxygens (including phenoxy) is 3. The van der Waals surface area contributed by atoms with Crippen LogP contribution in [0.2, 0.25) is 0 Å². The number of esters is 2. The maximum Gasteiger partial charge on any atom is 0.306 e. The van der Waals surface area contributed by atoms with E-state index in [1.807, 2.05) is 12.1 Å². The molecule has 0 unspecified atom stereocenters. The molecule has 0 bridgehead atoms. The fourth-order valence-corrected chi connectivity index (χ4v) is 4.87. The van der Waals surface area contributed by atoms with Gasteiger partial charge in [-0.3, -0.25) is 9.59 Å². The van der Waals surface area contributed by atoms with Crippen LogP contribution in [0.4, 0.5) is 5.69 Å². The second-order valence-corrected chi connectivity index (χ2v) is 10.2. The Morgan fingerprint density at radius 3 is 2.47 bits per heavy atom. The van der Waals surface area contributed by atoms with E-state index in [1.165, 1.54) is 18.1 Å². The molecule has 36 heavy (non-hydrogen) atoms. The van der Waals surface area contributed by atoms with Crippen LogP contribution in [-0.2, 0) is 38.3 Å². The topological polar surface area (TPSA) is 99.9 Å². The molecule has 0 aliphatic heterocycles. The number of fused-ring (bicyclic) bond motifs is 1. The number of benzene rings is 2. The van der Waals surface area contributed by atoms with Crippen LogP contribution in [0.15, 0.2) is 42.5 Å². The largest absolute Gasteiger partial charge is 0.488 e. The van der Waals surface area contributed by atoms with Gasteiger partial charge >= 0.3 is 11.9 Å². The van der Waals surface area contributed by atoms with Gasteiger partial charge in [-0.05, 0) is 81.2 Å². The minimum atomic E-state index is -0.467. The van der Waals surface area contributed by atoms with E-state index in [4.69, 9.17) is 19.9 Å². The summed E-state index contributed by atoms with van der Waals surface area (Å²) in [6.45, 7) is 8.57. The Morgan fingerprint density at radius 1 is 1.14 bits per heavy atom. The Balaban J connectivity index is 1.53. The molecular weight excluding hydrogens is 456 g/mol. The number of carbonyl (C=O) groups excluding carboxylic acids is 2. The van der Waals surface area contributed by atoms with Crippen molar-refractivity contribution in [2.24, 2.45) is 5.92 Å². The number of nitrogens with two attached hydrogens (primary N) is 1. The highest BCUT2D eigenvalue weighted by Gasteiger charge is 2.29. The lowest BCUT2D eigenvalue weighted by Gasteiger charge is -2.31. The Morgan fingerprint density at radius 2 is 1.83 bits per heavy atom. The normalized spacial score (nSPS) is 14.2. The van der Waals surface area contributed by atoms with Crippen LogP contribution < -0.4 is 15.8 Å². The van der Waals surface area contributed by atoms with Crippen LogP contribution in [-0.4, -0.2) is 43.3 Å². The van der Waals surface area contributed by atoms with E-state index in [9.17, 15) is 9.59 Å². The summed E-state index contributed by atoms with van der Waals surface area (Å²) in [4.78, 5) is 23.4. The van der Waals surface area contributed by atoms with Gasteiger partial charge in [0.2, 0.25) is 0 Å². The van der Waals surface area contributed by atoms with Gasteiger partial charge in [-0.25, -0.2) is 0 Å². The molecular formula is C29H40N2O5. The first kappa shape index (κ1) is 27.5. The minimum absolute atomic E-state index is 0.128. The summed E-state index contributed by atoms with van der Waals surface area (Å²) in [7, 11) is 0. The second kappa shape index (κ2) is 12.8. The number of anilines is 1. The zero-order valence-corrected chi connectivity index (χ0v) is 22.0. The molecule has 0 saturated carbocycles. The highest BCUT2D eigenvalue weighted by Crippen LogP contribution is 2.32. The molecule has 1 aliphatic rings. The molecule has 0 spiro atoms. The van der Waals surface area contributed by atoms with Crippen LogP contribution in [0.3, 0.4) is 0 Å². The molecule has 0 heterocycles. The number of nitrogen functional groups attached to an aromatic ring is 1. The van der Waals surface area contributed by atoms with Gasteiger partial charge in [0.05, 0.1) is 12.3 Å². The first-order valence-corrected chi connectivity index (χ1v) is 12.8. The molecule has 196 valence electrons. The van der Waals surface area contributed by atoms with E-state index in [0.717, 1.165) is 24.8 Å². The van der Waals surface area contributed by atoms with Crippen molar-refractivity contribution in [2.75, 3.05) is 25.5 Å². The summed E-state index contributed by atoms with van der Waals surface area (Å²) < 4.78 is 16.5. The van der Waals surface area contributed by atoms with E-state index < -0.39 is 6.10 Å². The summed E-state index contributed by atoms with van der Waals surface area (Å²) in [5, 5.41) is 3.59. The van der Waals surface area contributed by atoms with Crippen molar-refractivity contribution >= 4 is 17.6 Å². The van der Waals surface area contributed by atoms with Gasteiger partial charge in [0.1, 0.15) is 18.5 Å². The van der Waals surface area contributed by atoms with E-state index in [1.54, 1.807) is 13.0 Å². The zero-order valence-electron chi connectivity index (χ0n) is 22.0. The molecule has 0 saturated heterocycles. The van der Waals surface area contributed by atoms with Crippen LogP contribution in [0.1, 0.15) is 57.2 Å². The molecule has 3 rings (SSSR count). The van der Waals surface area contributed by atoms with Gasteiger partial charge in [-0.2, -0.15) is 0 Å². The average Bonchev–Trinajstić information content (AvgIpc) is 3.22. The van der Waals surface area contributed by atoms with Gasteiger partial charge in [0.25, 0.3) is 0 Å². The van der Waals surface area contributed by atoms with Crippen molar-refractivity contribution in [1.29, 1.82) is 0 Å². The highest BCUT2D eigenvalue weighted by molar-refractivity contribution is 5.69. The molecule has 0 amide bonds. The monoisotopic (exact) mass is 496 g/mol. The zero-order chi connectivity index (χ0) is 26.1. The Hall–Kier alpha value is -3.06. The number of hydrogen-bond acceptors (Lipinski definition) is 7. The fraction of sp³-hybridized carbons (Fsp3) is 0.517. The van der Waals surface area contributed by atoms with Gasteiger partial charge in [-0.15, -0.1) is 0 Å². The van der Waals surface area contributed by atoms with Crippen LogP contribution in [0.25, 0.3) is 0 Å². The summed E-state index contributed by atoms with van der Waals surface area (Å²) >= 11 is 0. The van der Waals surface area contributed by atoms with Crippen LogP contribution in [0, 0.1) is 5.92 Å². The third kappa shape index (κ3) is 8.55. The highest BCUT2D eigenvalue weighted by atomic mass is 16.6. The number of carbonyl (C=O) groups is 2. The number of hydrogen-bond donors (Lipinski definition) is 2. The SMILES string of the molecule is CCOC(=O)CCc1ccc(N)c(OC[C@@H](CNC(C)(C)CC2Cc3ccccc3C2)OC(C)=O)c1. The van der Waals surface area contributed by atoms with Crippen molar-refractivity contribution in [2.45, 2.75) is 71.4 Å². The van der Waals surface area contributed by atoms with Crippen molar-refractivity contribution < 1.29 is 23.8 Å². The first-order chi connectivity index (χ1) is 17.1. The molecule has 1 atom stereocenters. The third-order valence-corrected chi connectivity index (χ3v) is 6.50. The smallest absolute Gasteiger partial charge is 0.306 e. The Kier molecular flexibility index (Phi) is 9.76. The minimum Gasteiger partial charge on any atom is -0.488 e. The molecule has 0 radical (unpaired) electrons. The third-order valence-electron chi connectivity index (χ3n) is 6.50. The lowest BCUT2D eigenvalue weighted by molar-refractivity contribution is -0.147. The van der Waals surface area contributed by atoms with Crippen molar-refractivity contribution in [1.82, 2.24) is 5.32 Å². The lowest BCUT2D eigenvalue weighted by Crippen LogP contribution is -2.47. The van der Waals surface area contributed by atoms with Gasteiger partial charge < -0.3 is 25.3 Å². The van der Waals surface area contributed by atoms with Gasteiger partial charge in [0, 0.05) is 25.4 Å². The summed E-state index contributed by atoms with van der Waals surface area (Å²) in [6.07, 6.45) is 3.57. The first-order valence-electron chi connectivity index (χ1n) is 12.8. The summed E-state index contributed by atoms with van der Waals surface area (Å²) in [5.41, 5.74) is 10.3. The number of nitrogens with one attached hydrogen (secondary N) is 1. The van der Waals surface area contributed by atoms with Crippen LogP contribution >= 0.6 is 0 Å². The van der Waals surface area contributed by atoms with E-state index in [2.05, 4.69) is 43.4 Å². The Bertz CT molecular complexity index is 1010. The predicted octanol–water partition coefficient (Wildman–Crippen LogP) is 4.25. The van der Waals surface area contributed by atoms with Crippen molar-refractivity contribution in [3.05, 3.63) is 59.2 Å². The summed E-state index contributed by atoms with van der Waals surface area (Å²) in [5.74, 6) is 0.509. The molecule has 0 aromatic heterocycles. The molecule has 7 heteroatoms.